The lowest BCUT2D eigenvalue weighted by Gasteiger charge is -2.32. The van der Waals surface area contributed by atoms with Crippen molar-refractivity contribution in [3.05, 3.63) is 0 Å². The van der Waals surface area contributed by atoms with Gasteiger partial charge in [-0.05, 0) is 26.7 Å². The third-order valence-corrected chi connectivity index (χ3v) is 2.45. The van der Waals surface area contributed by atoms with Crippen LogP contribution in [0.1, 0.15) is 33.1 Å². The topological polar surface area (TPSA) is 40.5 Å². The molecule has 0 heterocycles. The first-order valence-electron chi connectivity index (χ1n) is 4.87. The molecule has 0 bridgehead atoms. The quantitative estimate of drug-likeness (QED) is 0.713. The van der Waals surface area contributed by atoms with Crippen LogP contribution in [-0.4, -0.2) is 35.1 Å². The second kappa shape index (κ2) is 3.66. The molecule has 1 rings (SSSR count). The molecule has 1 fully saturated rings. The summed E-state index contributed by atoms with van der Waals surface area (Å²) >= 11 is 0. The van der Waals surface area contributed by atoms with E-state index in [4.69, 9.17) is 0 Å². The maximum Gasteiger partial charge on any atom is 0.225 e. The van der Waals surface area contributed by atoms with Crippen molar-refractivity contribution in [1.29, 1.82) is 0 Å². The first kappa shape index (κ1) is 10.5. The van der Waals surface area contributed by atoms with Crippen LogP contribution in [0, 0.1) is 5.92 Å². The van der Waals surface area contributed by atoms with E-state index < -0.39 is 5.60 Å². The van der Waals surface area contributed by atoms with Crippen molar-refractivity contribution in [2.45, 2.75) is 38.7 Å². The van der Waals surface area contributed by atoms with Gasteiger partial charge in [-0.25, -0.2) is 0 Å². The number of rotatable bonds is 3. The van der Waals surface area contributed by atoms with Crippen LogP contribution in [-0.2, 0) is 4.79 Å². The fourth-order valence-electron chi connectivity index (χ4n) is 1.63. The average molecular weight is 185 g/mol. The first-order chi connectivity index (χ1) is 5.90. The highest BCUT2D eigenvalue weighted by atomic mass is 16.3. The molecule has 1 N–H and O–H groups in total. The van der Waals surface area contributed by atoms with E-state index in [1.165, 1.54) is 6.42 Å². The van der Waals surface area contributed by atoms with Gasteiger partial charge in [-0.15, -0.1) is 0 Å². The molecule has 0 aliphatic heterocycles. The standard InChI is InChI=1S/C10H19NO2/c1-10(2,13)7-11(3)9(12)8-5-4-6-8/h8,13H,4-7H2,1-3H3. The van der Waals surface area contributed by atoms with Gasteiger partial charge in [0, 0.05) is 19.5 Å². The van der Waals surface area contributed by atoms with Gasteiger partial charge in [0.2, 0.25) is 5.91 Å². The van der Waals surface area contributed by atoms with Crippen molar-refractivity contribution in [3.8, 4) is 0 Å². The Morgan fingerprint density at radius 1 is 1.54 bits per heavy atom. The maximum atomic E-state index is 11.6. The fourth-order valence-corrected chi connectivity index (χ4v) is 1.63. The average Bonchev–Trinajstić information content (AvgIpc) is 1.78. The van der Waals surface area contributed by atoms with Crippen LogP contribution in [0.5, 0.6) is 0 Å². The smallest absolute Gasteiger partial charge is 0.225 e. The van der Waals surface area contributed by atoms with E-state index in [-0.39, 0.29) is 11.8 Å². The first-order valence-corrected chi connectivity index (χ1v) is 4.87. The summed E-state index contributed by atoms with van der Waals surface area (Å²) < 4.78 is 0. The molecule has 0 unspecified atom stereocenters. The molecule has 1 saturated carbocycles. The summed E-state index contributed by atoms with van der Waals surface area (Å²) in [5, 5.41) is 9.52. The van der Waals surface area contributed by atoms with E-state index in [0.29, 0.717) is 6.54 Å². The van der Waals surface area contributed by atoms with E-state index >= 15 is 0 Å². The van der Waals surface area contributed by atoms with Crippen LogP contribution in [0.15, 0.2) is 0 Å². The normalized spacial score (nSPS) is 18.2. The van der Waals surface area contributed by atoms with Crippen molar-refractivity contribution in [3.63, 3.8) is 0 Å². The third kappa shape index (κ3) is 2.99. The summed E-state index contributed by atoms with van der Waals surface area (Å²) in [4.78, 5) is 13.3. The Morgan fingerprint density at radius 2 is 2.08 bits per heavy atom. The molecule has 76 valence electrons. The van der Waals surface area contributed by atoms with E-state index in [0.717, 1.165) is 12.8 Å². The number of aliphatic hydroxyl groups is 1. The van der Waals surface area contributed by atoms with Crippen LogP contribution in [0.4, 0.5) is 0 Å². The Kier molecular flexibility index (Phi) is 2.96. The SMILES string of the molecule is CN(CC(C)(C)O)C(=O)C1CCC1. The lowest BCUT2D eigenvalue weighted by Crippen LogP contribution is -2.43. The van der Waals surface area contributed by atoms with Crippen LogP contribution in [0.2, 0.25) is 0 Å². The third-order valence-electron chi connectivity index (χ3n) is 2.45. The Morgan fingerprint density at radius 3 is 2.38 bits per heavy atom. The molecule has 0 saturated heterocycles. The predicted molar refractivity (Wildman–Crippen MR) is 51.3 cm³/mol. The molecule has 0 aromatic carbocycles. The van der Waals surface area contributed by atoms with Gasteiger partial charge >= 0.3 is 0 Å². The second-order valence-corrected chi connectivity index (χ2v) is 4.63. The fraction of sp³-hybridized carbons (Fsp3) is 0.900. The van der Waals surface area contributed by atoms with Crippen LogP contribution >= 0.6 is 0 Å². The monoisotopic (exact) mass is 185 g/mol. The number of carbonyl (C=O) groups excluding carboxylic acids is 1. The van der Waals surface area contributed by atoms with Crippen molar-refractivity contribution in [1.82, 2.24) is 4.90 Å². The molecule has 3 nitrogen and oxygen atoms in total. The molecular formula is C10H19NO2. The summed E-state index contributed by atoms with van der Waals surface area (Å²) in [6.45, 7) is 3.86. The minimum Gasteiger partial charge on any atom is -0.389 e. The van der Waals surface area contributed by atoms with E-state index in [2.05, 4.69) is 0 Å². The molecule has 0 spiro atoms. The summed E-state index contributed by atoms with van der Waals surface area (Å²) in [7, 11) is 1.76. The second-order valence-electron chi connectivity index (χ2n) is 4.63. The summed E-state index contributed by atoms with van der Waals surface area (Å²) in [5.74, 6) is 0.417. The number of hydrogen-bond acceptors (Lipinski definition) is 2. The van der Waals surface area contributed by atoms with Gasteiger partial charge < -0.3 is 10.0 Å². The van der Waals surface area contributed by atoms with Gasteiger partial charge in [0.25, 0.3) is 0 Å². The highest BCUT2D eigenvalue weighted by Crippen LogP contribution is 2.28. The molecule has 13 heavy (non-hydrogen) atoms. The zero-order valence-electron chi connectivity index (χ0n) is 8.71. The maximum absolute atomic E-state index is 11.6. The Hall–Kier alpha value is -0.570. The zero-order chi connectivity index (χ0) is 10.1. The van der Waals surface area contributed by atoms with Crippen LogP contribution < -0.4 is 0 Å². The van der Waals surface area contributed by atoms with Gasteiger partial charge in [-0.1, -0.05) is 6.42 Å². The molecule has 0 aromatic heterocycles. The highest BCUT2D eigenvalue weighted by molar-refractivity contribution is 5.79. The summed E-state index contributed by atoms with van der Waals surface area (Å²) in [6.07, 6.45) is 3.22. The lowest BCUT2D eigenvalue weighted by atomic mass is 9.84. The van der Waals surface area contributed by atoms with Gasteiger partial charge in [0.05, 0.1) is 5.60 Å². The van der Waals surface area contributed by atoms with Gasteiger partial charge in [-0.3, -0.25) is 4.79 Å². The van der Waals surface area contributed by atoms with Gasteiger partial charge in [0.1, 0.15) is 0 Å². The number of likely N-dealkylation sites (N-methyl/N-ethyl adjacent to an activating group) is 1. The van der Waals surface area contributed by atoms with Crippen molar-refractivity contribution in [2.75, 3.05) is 13.6 Å². The number of carbonyl (C=O) groups is 1. The largest absolute Gasteiger partial charge is 0.389 e. The molecular weight excluding hydrogens is 166 g/mol. The molecule has 0 atom stereocenters. The number of nitrogens with zero attached hydrogens (tertiary/aromatic N) is 1. The van der Waals surface area contributed by atoms with Crippen molar-refractivity contribution >= 4 is 5.91 Å². The minimum absolute atomic E-state index is 0.188. The van der Waals surface area contributed by atoms with Crippen molar-refractivity contribution in [2.24, 2.45) is 5.92 Å². The lowest BCUT2D eigenvalue weighted by molar-refractivity contribution is -0.139. The van der Waals surface area contributed by atoms with Crippen molar-refractivity contribution < 1.29 is 9.90 Å². The van der Waals surface area contributed by atoms with E-state index in [1.807, 2.05) is 0 Å². The molecule has 0 radical (unpaired) electrons. The van der Waals surface area contributed by atoms with Gasteiger partial charge in [-0.2, -0.15) is 0 Å². The molecule has 0 aromatic rings. The zero-order valence-corrected chi connectivity index (χ0v) is 8.71. The number of hydrogen-bond donors (Lipinski definition) is 1. The van der Waals surface area contributed by atoms with E-state index in [9.17, 15) is 9.90 Å². The highest BCUT2D eigenvalue weighted by Gasteiger charge is 2.29. The van der Waals surface area contributed by atoms with Crippen LogP contribution in [0.3, 0.4) is 0 Å². The molecule has 1 aliphatic carbocycles. The molecule has 1 amide bonds. The minimum atomic E-state index is -0.784. The Bertz CT molecular complexity index is 192. The Balaban J connectivity index is 2.38. The Labute approximate surface area is 79.7 Å². The molecule has 1 aliphatic rings. The van der Waals surface area contributed by atoms with Gasteiger partial charge in [0.15, 0.2) is 0 Å². The van der Waals surface area contributed by atoms with Crippen LogP contribution in [0.25, 0.3) is 0 Å². The predicted octanol–water partition coefficient (Wildman–Crippen LogP) is 1.02. The summed E-state index contributed by atoms with van der Waals surface area (Å²) in [6, 6.07) is 0. The summed E-state index contributed by atoms with van der Waals surface area (Å²) in [5.41, 5.74) is -0.784. The molecule has 3 heteroatoms. The number of amides is 1. The van der Waals surface area contributed by atoms with E-state index in [1.54, 1.807) is 25.8 Å².